The van der Waals surface area contributed by atoms with Gasteiger partial charge in [-0.1, -0.05) is 36.4 Å². The molecule has 0 spiro atoms. The van der Waals surface area contributed by atoms with Gasteiger partial charge < -0.3 is 16.0 Å². The highest BCUT2D eigenvalue weighted by atomic mass is 32.1. The molecule has 0 saturated heterocycles. The zero-order valence-corrected chi connectivity index (χ0v) is 15.8. The number of benzene rings is 2. The van der Waals surface area contributed by atoms with Gasteiger partial charge in [0, 0.05) is 16.3 Å². The van der Waals surface area contributed by atoms with Gasteiger partial charge in [-0.2, -0.15) is 0 Å². The molecule has 6 heteroatoms. The summed E-state index contributed by atoms with van der Waals surface area (Å²) in [6.45, 7) is 2.49. The van der Waals surface area contributed by atoms with Crippen molar-refractivity contribution in [2.24, 2.45) is 0 Å². The van der Waals surface area contributed by atoms with E-state index >= 15 is 0 Å². The van der Waals surface area contributed by atoms with Crippen LogP contribution in [0.15, 0.2) is 66.0 Å². The summed E-state index contributed by atoms with van der Waals surface area (Å²) in [6, 6.07) is 18.5. The summed E-state index contributed by atoms with van der Waals surface area (Å²) in [5.41, 5.74) is 3.33. The van der Waals surface area contributed by atoms with E-state index in [1.165, 1.54) is 0 Å². The predicted molar refractivity (Wildman–Crippen MR) is 110 cm³/mol. The number of rotatable bonds is 6. The number of hydrogen-bond acceptors (Lipinski definition) is 3. The van der Waals surface area contributed by atoms with E-state index in [9.17, 15) is 9.59 Å². The van der Waals surface area contributed by atoms with Gasteiger partial charge in [-0.15, -0.1) is 11.3 Å². The molecular weight excluding hydrogens is 358 g/mol. The standard InChI is InChI=1S/C21H21N3O2S/c1-15-5-2-3-7-19(15)24-21(26)23-17-10-8-16(9-11-17)13-20(25)22-14-18-6-4-12-27-18/h2-12H,13-14H2,1H3,(H,22,25)(H2,23,24,26). The summed E-state index contributed by atoms with van der Waals surface area (Å²) in [7, 11) is 0. The number of carbonyl (C=O) groups is 2. The molecule has 3 N–H and O–H groups in total. The SMILES string of the molecule is Cc1ccccc1NC(=O)Nc1ccc(CC(=O)NCc2cccs2)cc1. The van der Waals surface area contributed by atoms with Crippen molar-refractivity contribution < 1.29 is 9.59 Å². The predicted octanol–water partition coefficient (Wildman–Crippen LogP) is 4.56. The van der Waals surface area contributed by atoms with Gasteiger partial charge in [-0.3, -0.25) is 4.79 Å². The number of anilines is 2. The first-order valence-corrected chi connectivity index (χ1v) is 9.50. The quantitative estimate of drug-likeness (QED) is 0.588. The lowest BCUT2D eigenvalue weighted by Crippen LogP contribution is -2.24. The number of nitrogens with one attached hydrogen (secondary N) is 3. The van der Waals surface area contributed by atoms with E-state index in [1.807, 2.05) is 60.8 Å². The Balaban J connectivity index is 1.48. The fourth-order valence-electron chi connectivity index (χ4n) is 2.55. The average molecular weight is 379 g/mol. The third kappa shape index (κ3) is 5.69. The Hall–Kier alpha value is -3.12. The number of amides is 3. The Morgan fingerprint density at radius 2 is 1.70 bits per heavy atom. The fraction of sp³-hybridized carbons (Fsp3) is 0.143. The van der Waals surface area contributed by atoms with Gasteiger partial charge in [0.05, 0.1) is 13.0 Å². The second kappa shape index (κ2) is 9.00. The van der Waals surface area contributed by atoms with Crippen molar-refractivity contribution in [2.75, 3.05) is 10.6 Å². The van der Waals surface area contributed by atoms with Crippen molar-refractivity contribution >= 4 is 34.6 Å². The number of aryl methyl sites for hydroxylation is 1. The summed E-state index contributed by atoms with van der Waals surface area (Å²) in [5.74, 6) is -0.0265. The van der Waals surface area contributed by atoms with E-state index in [4.69, 9.17) is 0 Å². The van der Waals surface area contributed by atoms with E-state index in [-0.39, 0.29) is 11.9 Å². The van der Waals surface area contributed by atoms with E-state index in [0.29, 0.717) is 18.7 Å². The van der Waals surface area contributed by atoms with Gasteiger partial charge >= 0.3 is 6.03 Å². The topological polar surface area (TPSA) is 70.2 Å². The minimum Gasteiger partial charge on any atom is -0.351 e. The van der Waals surface area contributed by atoms with Crippen LogP contribution in [0.5, 0.6) is 0 Å². The lowest BCUT2D eigenvalue weighted by molar-refractivity contribution is -0.120. The molecule has 2 aromatic carbocycles. The minimum absolute atomic E-state index is 0.0265. The van der Waals surface area contributed by atoms with Crippen LogP contribution in [0.1, 0.15) is 16.0 Å². The largest absolute Gasteiger partial charge is 0.351 e. The van der Waals surface area contributed by atoms with Crippen LogP contribution in [0.3, 0.4) is 0 Å². The van der Waals surface area contributed by atoms with Gasteiger partial charge in [0.1, 0.15) is 0 Å². The maximum Gasteiger partial charge on any atom is 0.323 e. The Kier molecular flexibility index (Phi) is 6.22. The highest BCUT2D eigenvalue weighted by Crippen LogP contribution is 2.15. The number of carbonyl (C=O) groups excluding carboxylic acids is 2. The molecule has 3 rings (SSSR count). The van der Waals surface area contributed by atoms with E-state index < -0.39 is 0 Å². The first-order valence-electron chi connectivity index (χ1n) is 8.62. The lowest BCUT2D eigenvalue weighted by Gasteiger charge is -2.10. The number of para-hydroxylation sites is 1. The minimum atomic E-state index is -0.300. The van der Waals surface area contributed by atoms with Gasteiger partial charge in [0.25, 0.3) is 0 Å². The summed E-state index contributed by atoms with van der Waals surface area (Å²) in [6.07, 6.45) is 0.307. The highest BCUT2D eigenvalue weighted by Gasteiger charge is 2.06. The maximum absolute atomic E-state index is 12.1. The first kappa shape index (κ1) is 18.7. The molecule has 0 aliphatic heterocycles. The number of thiophene rings is 1. The molecule has 1 heterocycles. The third-order valence-electron chi connectivity index (χ3n) is 4.01. The van der Waals surface area contributed by atoms with Crippen LogP contribution in [0, 0.1) is 6.92 Å². The van der Waals surface area contributed by atoms with Crippen molar-refractivity contribution in [3.8, 4) is 0 Å². The molecule has 0 unspecified atom stereocenters. The fourth-order valence-corrected chi connectivity index (χ4v) is 3.20. The molecule has 0 aliphatic rings. The number of hydrogen-bond donors (Lipinski definition) is 3. The van der Waals surface area contributed by atoms with Crippen molar-refractivity contribution in [3.63, 3.8) is 0 Å². The molecule has 138 valence electrons. The monoisotopic (exact) mass is 379 g/mol. The second-order valence-electron chi connectivity index (χ2n) is 6.12. The Morgan fingerprint density at radius 3 is 2.41 bits per heavy atom. The van der Waals surface area contributed by atoms with Gasteiger partial charge in [-0.25, -0.2) is 4.79 Å². The van der Waals surface area contributed by atoms with Gasteiger partial charge in [0.2, 0.25) is 5.91 Å². The van der Waals surface area contributed by atoms with E-state index in [0.717, 1.165) is 21.7 Å². The summed E-state index contributed by atoms with van der Waals surface area (Å²) in [4.78, 5) is 25.3. The Labute approximate surface area is 162 Å². The lowest BCUT2D eigenvalue weighted by atomic mass is 10.1. The van der Waals surface area contributed by atoms with E-state index in [1.54, 1.807) is 23.5 Å². The van der Waals surface area contributed by atoms with Gasteiger partial charge in [0.15, 0.2) is 0 Å². The van der Waals surface area contributed by atoms with Crippen LogP contribution < -0.4 is 16.0 Å². The van der Waals surface area contributed by atoms with Crippen molar-refractivity contribution in [2.45, 2.75) is 19.9 Å². The molecule has 27 heavy (non-hydrogen) atoms. The maximum atomic E-state index is 12.1. The van der Waals surface area contributed by atoms with Crippen LogP contribution in [-0.2, 0) is 17.8 Å². The summed E-state index contributed by atoms with van der Waals surface area (Å²) >= 11 is 1.62. The average Bonchev–Trinajstić information content (AvgIpc) is 3.17. The molecular formula is C21H21N3O2S. The zero-order valence-electron chi connectivity index (χ0n) is 15.0. The van der Waals surface area contributed by atoms with Crippen LogP contribution >= 0.6 is 11.3 Å². The molecule has 0 saturated carbocycles. The zero-order chi connectivity index (χ0) is 19.1. The molecule has 0 bridgehead atoms. The van der Waals surface area contributed by atoms with Crippen molar-refractivity contribution in [3.05, 3.63) is 82.0 Å². The first-order chi connectivity index (χ1) is 13.1. The van der Waals surface area contributed by atoms with Gasteiger partial charge in [-0.05, 0) is 47.7 Å². The molecule has 1 aromatic heterocycles. The highest BCUT2D eigenvalue weighted by molar-refractivity contribution is 7.09. The Morgan fingerprint density at radius 1 is 0.926 bits per heavy atom. The molecule has 0 fully saturated rings. The molecule has 0 atom stereocenters. The second-order valence-corrected chi connectivity index (χ2v) is 7.16. The molecule has 3 aromatic rings. The van der Waals surface area contributed by atoms with Crippen molar-refractivity contribution in [1.29, 1.82) is 0 Å². The van der Waals surface area contributed by atoms with Crippen molar-refractivity contribution in [1.82, 2.24) is 5.32 Å². The summed E-state index contributed by atoms with van der Waals surface area (Å²) < 4.78 is 0. The molecule has 3 amide bonds. The Bertz CT molecular complexity index is 905. The number of urea groups is 1. The molecule has 0 radical (unpaired) electrons. The summed E-state index contributed by atoms with van der Waals surface area (Å²) in [5, 5.41) is 10.5. The normalized spacial score (nSPS) is 10.3. The van der Waals surface area contributed by atoms with Crippen LogP contribution in [0.2, 0.25) is 0 Å². The molecule has 5 nitrogen and oxygen atoms in total. The van der Waals surface area contributed by atoms with Crippen LogP contribution in [0.4, 0.5) is 16.2 Å². The van der Waals surface area contributed by atoms with Crippen LogP contribution in [0.25, 0.3) is 0 Å². The van der Waals surface area contributed by atoms with Crippen LogP contribution in [-0.4, -0.2) is 11.9 Å². The molecule has 0 aliphatic carbocycles. The van der Waals surface area contributed by atoms with E-state index in [2.05, 4.69) is 16.0 Å². The smallest absolute Gasteiger partial charge is 0.323 e. The third-order valence-corrected chi connectivity index (χ3v) is 4.89.